The fourth-order valence-corrected chi connectivity index (χ4v) is 3.94. The van der Waals surface area contributed by atoms with Crippen LogP contribution in [-0.2, 0) is 11.2 Å². The normalized spacial score (nSPS) is 15.9. The fourth-order valence-electron chi connectivity index (χ4n) is 3.94. The predicted octanol–water partition coefficient (Wildman–Crippen LogP) is 3.54. The van der Waals surface area contributed by atoms with Crippen LogP contribution >= 0.6 is 0 Å². The number of hydrogen-bond acceptors (Lipinski definition) is 4. The molecule has 1 aliphatic rings. The van der Waals surface area contributed by atoms with Crippen LogP contribution in [0.5, 0.6) is 5.75 Å². The Kier molecular flexibility index (Phi) is 8.08. The van der Waals surface area contributed by atoms with Gasteiger partial charge in [0, 0.05) is 32.3 Å². The van der Waals surface area contributed by atoms with Gasteiger partial charge in [0.25, 0.3) is 5.91 Å². The van der Waals surface area contributed by atoms with Crippen LogP contribution in [0.1, 0.15) is 35.7 Å². The highest BCUT2D eigenvalue weighted by molar-refractivity contribution is 5.97. The number of carbonyl (C=O) groups excluding carboxylic acids is 1. The van der Waals surface area contributed by atoms with E-state index in [0.717, 1.165) is 32.4 Å². The second-order valence-corrected chi connectivity index (χ2v) is 7.50. The minimum absolute atomic E-state index is 0.0604. The average Bonchev–Trinajstić information content (AvgIpc) is 2.75. The molecule has 5 heteroatoms. The molecule has 0 bridgehead atoms. The van der Waals surface area contributed by atoms with Crippen molar-refractivity contribution < 1.29 is 14.3 Å². The van der Waals surface area contributed by atoms with E-state index in [4.69, 9.17) is 9.47 Å². The summed E-state index contributed by atoms with van der Waals surface area (Å²) in [6.45, 7) is 4.67. The molecule has 0 aromatic heterocycles. The molecule has 0 saturated carbocycles. The molecular formula is C24H32N2O3. The van der Waals surface area contributed by atoms with E-state index in [1.54, 1.807) is 7.11 Å². The number of rotatable bonds is 9. The van der Waals surface area contributed by atoms with Gasteiger partial charge in [-0.25, -0.2) is 0 Å². The first-order valence-electron chi connectivity index (χ1n) is 10.5. The van der Waals surface area contributed by atoms with Gasteiger partial charge in [-0.15, -0.1) is 0 Å². The molecular weight excluding hydrogens is 364 g/mol. The van der Waals surface area contributed by atoms with E-state index in [1.165, 1.54) is 5.56 Å². The second kappa shape index (κ2) is 11.0. The van der Waals surface area contributed by atoms with Crippen molar-refractivity contribution >= 4 is 5.91 Å². The Morgan fingerprint density at radius 2 is 1.79 bits per heavy atom. The van der Waals surface area contributed by atoms with E-state index in [2.05, 4.69) is 29.6 Å². The SMILES string of the molecule is CCOc1ccccc1C(=O)N1CCC(NC(COC)Cc2ccccc2)CC1. The lowest BCUT2D eigenvalue weighted by Crippen LogP contribution is -2.49. The maximum Gasteiger partial charge on any atom is 0.257 e. The van der Waals surface area contributed by atoms with Crippen molar-refractivity contribution in [2.75, 3.05) is 33.4 Å². The number of amides is 1. The molecule has 1 unspecified atom stereocenters. The molecule has 2 aromatic carbocycles. The third-order valence-corrected chi connectivity index (χ3v) is 5.36. The zero-order valence-electron chi connectivity index (χ0n) is 17.5. The summed E-state index contributed by atoms with van der Waals surface area (Å²) in [6.07, 6.45) is 2.82. The van der Waals surface area contributed by atoms with Crippen molar-refractivity contribution in [3.8, 4) is 5.75 Å². The zero-order valence-corrected chi connectivity index (χ0v) is 17.5. The predicted molar refractivity (Wildman–Crippen MR) is 115 cm³/mol. The van der Waals surface area contributed by atoms with Gasteiger partial charge in [-0.1, -0.05) is 42.5 Å². The first-order chi connectivity index (χ1) is 14.2. The van der Waals surface area contributed by atoms with Gasteiger partial charge in [0.15, 0.2) is 0 Å². The van der Waals surface area contributed by atoms with E-state index < -0.39 is 0 Å². The Hall–Kier alpha value is -2.37. The van der Waals surface area contributed by atoms with Gasteiger partial charge in [-0.05, 0) is 43.9 Å². The van der Waals surface area contributed by atoms with E-state index in [1.807, 2.05) is 42.2 Å². The number of carbonyl (C=O) groups is 1. The number of ether oxygens (including phenoxy) is 2. The van der Waals surface area contributed by atoms with Gasteiger partial charge in [0.05, 0.1) is 18.8 Å². The van der Waals surface area contributed by atoms with Crippen molar-refractivity contribution in [2.45, 2.75) is 38.3 Å². The van der Waals surface area contributed by atoms with Crippen molar-refractivity contribution in [3.05, 3.63) is 65.7 Å². The minimum Gasteiger partial charge on any atom is -0.493 e. The molecule has 2 aromatic rings. The van der Waals surface area contributed by atoms with Crippen LogP contribution in [0.3, 0.4) is 0 Å². The summed E-state index contributed by atoms with van der Waals surface area (Å²) in [5.74, 6) is 0.730. The number of likely N-dealkylation sites (tertiary alicyclic amines) is 1. The van der Waals surface area contributed by atoms with E-state index in [-0.39, 0.29) is 11.9 Å². The Labute approximate surface area is 174 Å². The van der Waals surface area contributed by atoms with Crippen molar-refractivity contribution in [1.82, 2.24) is 10.2 Å². The number of methoxy groups -OCH3 is 1. The van der Waals surface area contributed by atoms with Crippen molar-refractivity contribution in [1.29, 1.82) is 0 Å². The van der Waals surface area contributed by atoms with E-state index in [9.17, 15) is 4.79 Å². The van der Waals surface area contributed by atoms with E-state index in [0.29, 0.717) is 30.6 Å². The van der Waals surface area contributed by atoms with Gasteiger partial charge >= 0.3 is 0 Å². The third-order valence-electron chi connectivity index (χ3n) is 5.36. The molecule has 5 nitrogen and oxygen atoms in total. The summed E-state index contributed by atoms with van der Waals surface area (Å²) in [5, 5.41) is 3.75. The van der Waals surface area contributed by atoms with E-state index >= 15 is 0 Å². The Bertz CT molecular complexity index is 758. The van der Waals surface area contributed by atoms with Crippen molar-refractivity contribution in [3.63, 3.8) is 0 Å². The minimum atomic E-state index is 0.0604. The standard InChI is InChI=1S/C24H32N2O3/c1-3-29-23-12-8-7-11-22(23)24(27)26-15-13-20(14-16-26)25-21(18-28-2)17-19-9-5-4-6-10-19/h4-12,20-21,25H,3,13-18H2,1-2H3. The molecule has 1 N–H and O–H groups in total. The molecule has 1 heterocycles. The van der Waals surface area contributed by atoms with Crippen LogP contribution in [0.25, 0.3) is 0 Å². The summed E-state index contributed by atoms with van der Waals surface area (Å²) in [6, 6.07) is 18.7. The van der Waals surface area contributed by atoms with Gasteiger partial charge < -0.3 is 19.7 Å². The zero-order chi connectivity index (χ0) is 20.5. The lowest BCUT2D eigenvalue weighted by atomic mass is 10.00. The average molecular weight is 397 g/mol. The first kappa shape index (κ1) is 21.3. The van der Waals surface area contributed by atoms with Crippen LogP contribution in [0.4, 0.5) is 0 Å². The van der Waals surface area contributed by atoms with Gasteiger partial charge in [-0.3, -0.25) is 4.79 Å². The van der Waals surface area contributed by atoms with Crippen LogP contribution in [0.2, 0.25) is 0 Å². The molecule has 0 spiro atoms. The summed E-state index contributed by atoms with van der Waals surface area (Å²) >= 11 is 0. The number of nitrogens with zero attached hydrogens (tertiary/aromatic N) is 1. The Morgan fingerprint density at radius 3 is 2.48 bits per heavy atom. The summed E-state index contributed by atoms with van der Waals surface area (Å²) < 4.78 is 11.1. The van der Waals surface area contributed by atoms with Crippen LogP contribution < -0.4 is 10.1 Å². The summed E-state index contributed by atoms with van der Waals surface area (Å²) in [5.41, 5.74) is 1.96. The lowest BCUT2D eigenvalue weighted by molar-refractivity contribution is 0.0689. The Balaban J connectivity index is 1.54. The largest absolute Gasteiger partial charge is 0.493 e. The summed E-state index contributed by atoms with van der Waals surface area (Å²) in [7, 11) is 1.75. The molecule has 156 valence electrons. The molecule has 1 aliphatic heterocycles. The molecule has 1 amide bonds. The first-order valence-corrected chi connectivity index (χ1v) is 10.5. The third kappa shape index (κ3) is 6.05. The molecule has 1 atom stereocenters. The highest BCUT2D eigenvalue weighted by atomic mass is 16.5. The second-order valence-electron chi connectivity index (χ2n) is 7.50. The lowest BCUT2D eigenvalue weighted by Gasteiger charge is -2.35. The Morgan fingerprint density at radius 1 is 1.10 bits per heavy atom. The smallest absolute Gasteiger partial charge is 0.257 e. The number of benzene rings is 2. The molecule has 0 radical (unpaired) electrons. The van der Waals surface area contributed by atoms with Crippen LogP contribution in [0, 0.1) is 0 Å². The topological polar surface area (TPSA) is 50.8 Å². The molecule has 1 saturated heterocycles. The quantitative estimate of drug-likeness (QED) is 0.704. The molecule has 3 rings (SSSR count). The van der Waals surface area contributed by atoms with Crippen LogP contribution in [-0.4, -0.2) is 56.3 Å². The van der Waals surface area contributed by atoms with Gasteiger partial charge in [-0.2, -0.15) is 0 Å². The monoisotopic (exact) mass is 396 g/mol. The highest BCUT2D eigenvalue weighted by Crippen LogP contribution is 2.22. The highest BCUT2D eigenvalue weighted by Gasteiger charge is 2.26. The fraction of sp³-hybridized carbons (Fsp3) is 0.458. The van der Waals surface area contributed by atoms with Gasteiger partial charge in [0.1, 0.15) is 5.75 Å². The molecule has 1 fully saturated rings. The number of piperidine rings is 1. The summed E-state index contributed by atoms with van der Waals surface area (Å²) in [4.78, 5) is 14.9. The molecule has 29 heavy (non-hydrogen) atoms. The number of nitrogens with one attached hydrogen (secondary N) is 1. The number of para-hydroxylation sites is 1. The van der Waals surface area contributed by atoms with Crippen molar-refractivity contribution in [2.24, 2.45) is 0 Å². The van der Waals surface area contributed by atoms with Crippen LogP contribution in [0.15, 0.2) is 54.6 Å². The molecule has 0 aliphatic carbocycles. The maximum absolute atomic E-state index is 13.0. The number of hydrogen-bond donors (Lipinski definition) is 1. The van der Waals surface area contributed by atoms with Gasteiger partial charge in [0.2, 0.25) is 0 Å². The maximum atomic E-state index is 13.0.